The van der Waals surface area contributed by atoms with Crippen LogP contribution in [0.3, 0.4) is 0 Å². The topological polar surface area (TPSA) is 66.4 Å². The molecule has 0 radical (unpaired) electrons. The lowest BCUT2D eigenvalue weighted by molar-refractivity contribution is -0.0437. The molecule has 0 rings (SSSR count). The zero-order chi connectivity index (χ0) is 12.3. The van der Waals surface area contributed by atoms with Gasteiger partial charge in [-0.1, -0.05) is 20.8 Å². The van der Waals surface area contributed by atoms with Gasteiger partial charge in [-0.2, -0.15) is 0 Å². The van der Waals surface area contributed by atoms with Gasteiger partial charge in [-0.25, -0.2) is 21.9 Å². The van der Waals surface area contributed by atoms with Gasteiger partial charge in [0.15, 0.2) is 0 Å². The molecular formula is C8H17F2NO3S. The molecule has 0 fully saturated rings. The van der Waals surface area contributed by atoms with Crippen LogP contribution in [0.25, 0.3) is 0 Å². The van der Waals surface area contributed by atoms with E-state index in [0.29, 0.717) is 0 Å². The Hall–Kier alpha value is -0.270. The molecule has 0 aromatic carbocycles. The fourth-order valence-corrected chi connectivity index (χ4v) is 2.57. The van der Waals surface area contributed by atoms with E-state index in [4.69, 9.17) is 5.11 Å². The van der Waals surface area contributed by atoms with Crippen LogP contribution in [0.2, 0.25) is 0 Å². The minimum Gasteiger partial charge on any atom is -0.390 e. The molecule has 0 atom stereocenters. The minimum absolute atomic E-state index is 0.235. The maximum Gasteiger partial charge on any atom is 0.283 e. The number of aliphatic hydroxyl groups excluding tert-OH is 1. The van der Waals surface area contributed by atoms with E-state index in [1.54, 1.807) is 25.5 Å². The molecule has 0 aromatic heterocycles. The van der Waals surface area contributed by atoms with E-state index in [9.17, 15) is 17.2 Å². The van der Waals surface area contributed by atoms with E-state index < -0.39 is 34.5 Å². The maximum absolute atomic E-state index is 12.5. The molecule has 0 saturated carbocycles. The van der Waals surface area contributed by atoms with Crippen molar-refractivity contribution >= 4 is 10.0 Å². The summed E-state index contributed by atoms with van der Waals surface area (Å²) in [5.41, 5.74) is -0.500. The monoisotopic (exact) mass is 245 g/mol. The molecule has 0 saturated heterocycles. The number of sulfonamides is 1. The molecule has 0 aliphatic carbocycles. The number of rotatable bonds is 5. The minimum atomic E-state index is -3.72. The van der Waals surface area contributed by atoms with Crippen molar-refractivity contribution in [3.05, 3.63) is 0 Å². The van der Waals surface area contributed by atoms with Crippen LogP contribution in [-0.4, -0.2) is 38.4 Å². The lowest BCUT2D eigenvalue weighted by Crippen LogP contribution is -2.41. The summed E-state index contributed by atoms with van der Waals surface area (Å²) in [6.07, 6.45) is 0. The van der Waals surface area contributed by atoms with E-state index >= 15 is 0 Å². The first-order valence-corrected chi connectivity index (χ1v) is 6.09. The van der Waals surface area contributed by atoms with Crippen LogP contribution in [0.1, 0.15) is 20.8 Å². The van der Waals surface area contributed by atoms with E-state index in [1.165, 1.54) is 0 Å². The Labute approximate surface area is 88.7 Å². The molecule has 0 unspecified atom stereocenters. The number of alkyl halides is 2. The molecule has 0 amide bonds. The molecule has 0 aromatic rings. The smallest absolute Gasteiger partial charge is 0.283 e. The summed E-state index contributed by atoms with van der Waals surface area (Å²) >= 11 is 0. The molecule has 92 valence electrons. The highest BCUT2D eigenvalue weighted by Gasteiger charge is 2.31. The number of hydrogen-bond donors (Lipinski definition) is 2. The molecule has 15 heavy (non-hydrogen) atoms. The van der Waals surface area contributed by atoms with Gasteiger partial charge in [0, 0.05) is 0 Å². The van der Waals surface area contributed by atoms with Crippen LogP contribution >= 0.6 is 0 Å². The summed E-state index contributed by atoms with van der Waals surface area (Å²) in [5.74, 6) is -3.65. The van der Waals surface area contributed by atoms with Gasteiger partial charge in [0.2, 0.25) is 10.0 Å². The van der Waals surface area contributed by atoms with Crippen LogP contribution < -0.4 is 4.72 Å². The first-order chi connectivity index (χ1) is 6.47. The van der Waals surface area contributed by atoms with Crippen molar-refractivity contribution < 1.29 is 22.3 Å². The van der Waals surface area contributed by atoms with Crippen molar-refractivity contribution in [1.82, 2.24) is 4.72 Å². The molecule has 4 nitrogen and oxygen atoms in total. The average Bonchev–Trinajstić information content (AvgIpc) is 1.97. The Morgan fingerprint density at radius 2 is 1.73 bits per heavy atom. The Kier molecular flexibility index (Phi) is 4.63. The first-order valence-electron chi connectivity index (χ1n) is 4.43. The highest BCUT2D eigenvalue weighted by molar-refractivity contribution is 7.89. The van der Waals surface area contributed by atoms with Crippen molar-refractivity contribution in [2.45, 2.75) is 26.7 Å². The molecule has 0 heterocycles. The average molecular weight is 245 g/mol. The Morgan fingerprint density at radius 1 is 1.27 bits per heavy atom. The molecule has 2 N–H and O–H groups in total. The van der Waals surface area contributed by atoms with Gasteiger partial charge in [0.25, 0.3) is 5.92 Å². The molecule has 7 heteroatoms. The summed E-state index contributed by atoms with van der Waals surface area (Å²) in [5, 5.41) is 8.24. The van der Waals surface area contributed by atoms with Gasteiger partial charge in [-0.15, -0.1) is 0 Å². The summed E-state index contributed by atoms with van der Waals surface area (Å²) in [4.78, 5) is 0. The maximum atomic E-state index is 12.5. The van der Waals surface area contributed by atoms with Crippen molar-refractivity contribution in [2.24, 2.45) is 5.41 Å². The van der Waals surface area contributed by atoms with E-state index in [0.717, 1.165) is 0 Å². The molecule has 0 aliphatic rings. The number of nitrogens with one attached hydrogen (secondary N) is 1. The Morgan fingerprint density at radius 3 is 2.07 bits per heavy atom. The molecule has 0 aliphatic heterocycles. The Bertz CT molecular complexity index is 295. The van der Waals surface area contributed by atoms with Crippen molar-refractivity contribution in [3.63, 3.8) is 0 Å². The molecule has 0 bridgehead atoms. The molecule has 0 spiro atoms. The summed E-state index contributed by atoms with van der Waals surface area (Å²) in [7, 11) is -3.72. The van der Waals surface area contributed by atoms with E-state index in [1.807, 2.05) is 0 Å². The highest BCUT2D eigenvalue weighted by Crippen LogP contribution is 2.16. The van der Waals surface area contributed by atoms with Crippen molar-refractivity contribution in [2.75, 3.05) is 18.9 Å². The number of halogens is 2. The second-order valence-corrected chi connectivity index (χ2v) is 6.46. The lowest BCUT2D eigenvalue weighted by Gasteiger charge is -2.20. The zero-order valence-corrected chi connectivity index (χ0v) is 9.87. The van der Waals surface area contributed by atoms with Crippen LogP contribution in [0, 0.1) is 5.41 Å². The van der Waals surface area contributed by atoms with E-state index in [-0.39, 0.29) is 5.75 Å². The molecular weight excluding hydrogens is 228 g/mol. The van der Waals surface area contributed by atoms with Crippen LogP contribution in [-0.2, 0) is 10.0 Å². The lowest BCUT2D eigenvalue weighted by atomic mass is 10.0. The van der Waals surface area contributed by atoms with Crippen LogP contribution in [0.15, 0.2) is 0 Å². The van der Waals surface area contributed by atoms with E-state index in [2.05, 4.69) is 0 Å². The summed E-state index contributed by atoms with van der Waals surface area (Å²) in [6, 6.07) is 0. The van der Waals surface area contributed by atoms with Gasteiger partial charge in [-0.3, -0.25) is 0 Å². The van der Waals surface area contributed by atoms with Gasteiger partial charge >= 0.3 is 0 Å². The quantitative estimate of drug-likeness (QED) is 0.744. The summed E-state index contributed by atoms with van der Waals surface area (Å²) < 4.78 is 49.4. The third-order valence-corrected chi connectivity index (χ3v) is 3.24. The van der Waals surface area contributed by atoms with Crippen molar-refractivity contribution in [3.8, 4) is 0 Å². The number of hydrogen-bond acceptors (Lipinski definition) is 3. The van der Waals surface area contributed by atoms with Crippen LogP contribution in [0.5, 0.6) is 0 Å². The van der Waals surface area contributed by atoms with Gasteiger partial charge in [-0.05, 0) is 5.41 Å². The third kappa shape index (κ3) is 7.64. The van der Waals surface area contributed by atoms with Gasteiger partial charge < -0.3 is 5.11 Å². The zero-order valence-electron chi connectivity index (χ0n) is 9.05. The Balaban J connectivity index is 4.30. The highest BCUT2D eigenvalue weighted by atomic mass is 32.2. The van der Waals surface area contributed by atoms with Gasteiger partial charge in [0.05, 0.1) is 12.3 Å². The first kappa shape index (κ1) is 14.7. The second kappa shape index (κ2) is 4.71. The fourth-order valence-electron chi connectivity index (χ4n) is 0.893. The van der Waals surface area contributed by atoms with Crippen LogP contribution in [0.4, 0.5) is 8.78 Å². The summed E-state index contributed by atoms with van der Waals surface area (Å²) in [6.45, 7) is 2.64. The normalized spacial score (nSPS) is 14.3. The SMILES string of the molecule is CC(C)(C)CS(=O)(=O)NCC(F)(F)CO. The number of aliphatic hydroxyl groups is 1. The standard InChI is InChI=1S/C8H17F2NO3S/c1-7(2,3)6-15(13,14)11-4-8(9,10)5-12/h11-12H,4-6H2,1-3H3. The third-order valence-electron chi connectivity index (χ3n) is 1.41. The van der Waals surface area contributed by atoms with Gasteiger partial charge in [0.1, 0.15) is 6.61 Å². The fraction of sp³-hybridized carbons (Fsp3) is 1.00. The largest absolute Gasteiger partial charge is 0.390 e. The second-order valence-electron chi connectivity index (χ2n) is 4.65. The predicted octanol–water partition coefficient (Wildman–Crippen LogP) is 0.580. The predicted molar refractivity (Wildman–Crippen MR) is 53.3 cm³/mol. The van der Waals surface area contributed by atoms with Crippen molar-refractivity contribution in [1.29, 1.82) is 0 Å².